The molecule has 0 spiro atoms. The molecule has 17 nitrogen and oxygen atoms in total. The number of aromatic nitrogens is 4. The Kier molecular flexibility index (Phi) is 14.4. The number of amides is 5. The third-order valence-electron chi connectivity index (χ3n) is 14.0. The second-order valence-electron chi connectivity index (χ2n) is 18.7. The van der Waals surface area contributed by atoms with Gasteiger partial charge >= 0.3 is 0 Å². The number of carbonyl (C=O) groups is 6. The first-order chi connectivity index (χ1) is 35.1. The molecule has 72 heavy (non-hydrogen) atoms. The molecule has 0 aliphatic carbocycles. The standard InChI is InChI=1S/C54H54ClN9O8/c55-43-29-38(72-36-10-4-3-5-11-36)14-16-40(43)49(66)42-31-57-50-48(42)44(58-33-59-50)27-34-9-8-21-63(32-34)52(68)35-12-18-46(56-30-35)62-24-22-61(23-25-62)20-6-1-2-7-26-71-37-13-15-39-41(28-37)54(70)64(53(39)69)45-17-19-47(65)60-51(45)67/h3-5,10-16,18,28-31,33-34,45H,1-2,6-9,17,19-27,32H2,(H,57,58,59)(H,60,65,67)/t34-,45?/m0/s1. The van der Waals surface area contributed by atoms with Gasteiger partial charge in [0, 0.05) is 69.7 Å². The number of carbonyl (C=O) groups excluding carboxylic acids is 6. The largest absolute Gasteiger partial charge is 0.494 e. The van der Waals surface area contributed by atoms with Gasteiger partial charge in [0.05, 0.1) is 45.0 Å². The number of nitrogens with one attached hydrogen (secondary N) is 2. The van der Waals surface area contributed by atoms with Crippen molar-refractivity contribution in [2.24, 2.45) is 5.92 Å². The number of likely N-dealkylation sites (tertiary alicyclic amines) is 1. The molecule has 0 bridgehead atoms. The number of piperazine rings is 1. The third kappa shape index (κ3) is 10.4. The van der Waals surface area contributed by atoms with Crippen LogP contribution in [0.3, 0.4) is 0 Å². The second kappa shape index (κ2) is 21.5. The van der Waals surface area contributed by atoms with Crippen molar-refractivity contribution in [3.8, 4) is 17.2 Å². The maximum absolute atomic E-state index is 14.0. The first-order valence-electron chi connectivity index (χ1n) is 24.7. The lowest BCUT2D eigenvalue weighted by molar-refractivity contribution is -0.136. The summed E-state index contributed by atoms with van der Waals surface area (Å²) in [5.74, 6) is 0.233. The SMILES string of the molecule is O=C1CCC(N2C(=O)c3ccc(OCCCCCCN4CCN(c5ccc(C(=O)N6CCC[C@@H](Cc7ncnc8[nH]cc(C(=O)c9ccc(Oc%10ccccc%10)cc9Cl)c78)C6)cn5)CC4)cc3C2=O)C(=O)N1. The van der Waals surface area contributed by atoms with Gasteiger partial charge in [-0.1, -0.05) is 42.6 Å². The summed E-state index contributed by atoms with van der Waals surface area (Å²) in [6.45, 7) is 6.21. The number of rotatable bonds is 17. The lowest BCUT2D eigenvalue weighted by Crippen LogP contribution is -2.54. The maximum Gasteiger partial charge on any atom is 0.262 e. The predicted molar refractivity (Wildman–Crippen MR) is 268 cm³/mol. The van der Waals surface area contributed by atoms with Crippen LogP contribution in [0.2, 0.25) is 5.02 Å². The minimum absolute atomic E-state index is 0.0488. The number of pyridine rings is 1. The highest BCUT2D eigenvalue weighted by molar-refractivity contribution is 6.35. The summed E-state index contributed by atoms with van der Waals surface area (Å²) in [5.41, 5.74) is 3.08. The quantitative estimate of drug-likeness (QED) is 0.0525. The van der Waals surface area contributed by atoms with Crippen molar-refractivity contribution >= 4 is 63.8 Å². The Bertz CT molecular complexity index is 3030. The number of piperidine rings is 2. The zero-order valence-corrected chi connectivity index (χ0v) is 40.4. The van der Waals surface area contributed by atoms with Crippen molar-refractivity contribution in [3.05, 3.63) is 136 Å². The molecule has 3 saturated heterocycles. The van der Waals surface area contributed by atoms with Crippen molar-refractivity contribution in [2.45, 2.75) is 63.8 Å². The second-order valence-corrected chi connectivity index (χ2v) is 19.2. The number of hydrogen-bond donors (Lipinski definition) is 2. The molecular formula is C54H54ClN9O8. The van der Waals surface area contributed by atoms with Gasteiger partial charge in [-0.15, -0.1) is 0 Å². The number of hydrogen-bond acceptors (Lipinski definition) is 13. The molecule has 3 aromatic heterocycles. The van der Waals surface area contributed by atoms with Gasteiger partial charge in [0.2, 0.25) is 11.8 Å². The summed E-state index contributed by atoms with van der Waals surface area (Å²) >= 11 is 6.67. The summed E-state index contributed by atoms with van der Waals surface area (Å²) in [6.07, 6.45) is 11.3. The van der Waals surface area contributed by atoms with Gasteiger partial charge in [-0.3, -0.25) is 43.9 Å². The molecule has 6 aromatic rings. The monoisotopic (exact) mass is 991 g/mol. The number of aromatic amines is 1. The molecule has 1 unspecified atom stereocenters. The van der Waals surface area contributed by atoms with E-state index in [2.05, 4.69) is 30.1 Å². The van der Waals surface area contributed by atoms with E-state index in [1.807, 2.05) is 47.4 Å². The first-order valence-corrected chi connectivity index (χ1v) is 25.0. The third-order valence-corrected chi connectivity index (χ3v) is 14.3. The molecule has 3 fully saturated rings. The van der Waals surface area contributed by atoms with Gasteiger partial charge in [-0.25, -0.2) is 15.0 Å². The van der Waals surface area contributed by atoms with Crippen LogP contribution in [-0.4, -0.2) is 128 Å². The van der Waals surface area contributed by atoms with Crippen LogP contribution >= 0.6 is 11.6 Å². The van der Waals surface area contributed by atoms with E-state index < -0.39 is 29.7 Å². The molecular weight excluding hydrogens is 938 g/mol. The summed E-state index contributed by atoms with van der Waals surface area (Å²) in [6, 6.07) is 22.0. The summed E-state index contributed by atoms with van der Waals surface area (Å²) in [4.78, 5) is 102. The summed E-state index contributed by atoms with van der Waals surface area (Å²) in [7, 11) is 0. The van der Waals surface area contributed by atoms with E-state index in [1.54, 1.807) is 48.8 Å². The normalized spacial score (nSPS) is 18.4. The van der Waals surface area contributed by atoms with E-state index >= 15 is 0 Å². The Labute approximate surface area is 420 Å². The van der Waals surface area contributed by atoms with Crippen LogP contribution in [0.1, 0.15) is 104 Å². The maximum atomic E-state index is 14.0. The fourth-order valence-electron chi connectivity index (χ4n) is 10.2. The molecule has 7 heterocycles. The van der Waals surface area contributed by atoms with E-state index in [0.717, 1.165) is 87.7 Å². The Morgan fingerprint density at radius 3 is 2.36 bits per heavy atom. The first kappa shape index (κ1) is 48.1. The number of fused-ring (bicyclic) bond motifs is 2. The highest BCUT2D eigenvalue weighted by atomic mass is 35.5. The van der Waals surface area contributed by atoms with Crippen molar-refractivity contribution in [1.82, 2.24) is 40.0 Å². The van der Waals surface area contributed by atoms with E-state index in [9.17, 15) is 28.8 Å². The van der Waals surface area contributed by atoms with Gasteiger partial charge in [-0.05, 0) is 106 Å². The molecule has 0 saturated carbocycles. The number of halogens is 1. The molecule has 3 aromatic carbocycles. The van der Waals surface area contributed by atoms with Gasteiger partial charge in [0.15, 0.2) is 5.78 Å². The average molecular weight is 993 g/mol. The minimum Gasteiger partial charge on any atom is -0.494 e. The number of ether oxygens (including phenoxy) is 2. The van der Waals surface area contributed by atoms with Crippen LogP contribution in [0.25, 0.3) is 11.0 Å². The topological polar surface area (TPSA) is 200 Å². The van der Waals surface area contributed by atoms with Crippen LogP contribution in [0.4, 0.5) is 5.82 Å². The summed E-state index contributed by atoms with van der Waals surface area (Å²) in [5, 5.41) is 3.15. The van der Waals surface area contributed by atoms with E-state index in [1.165, 1.54) is 6.33 Å². The Morgan fingerprint density at radius 2 is 1.57 bits per heavy atom. The number of anilines is 1. The number of nitrogens with zero attached hydrogens (tertiary/aromatic N) is 7. The van der Waals surface area contributed by atoms with Gasteiger partial charge in [0.1, 0.15) is 41.1 Å². The van der Waals surface area contributed by atoms with E-state index in [0.29, 0.717) is 71.1 Å². The van der Waals surface area contributed by atoms with Gasteiger partial charge < -0.3 is 24.3 Å². The zero-order chi connectivity index (χ0) is 49.7. The van der Waals surface area contributed by atoms with Crippen LogP contribution in [0.5, 0.6) is 17.2 Å². The molecule has 10 rings (SSSR count). The van der Waals surface area contributed by atoms with Crippen LogP contribution in [-0.2, 0) is 16.0 Å². The van der Waals surface area contributed by atoms with E-state index in [-0.39, 0.29) is 46.6 Å². The van der Waals surface area contributed by atoms with Crippen LogP contribution < -0.4 is 19.7 Å². The van der Waals surface area contributed by atoms with Crippen LogP contribution in [0, 0.1) is 5.92 Å². The highest BCUT2D eigenvalue weighted by Crippen LogP contribution is 2.33. The number of unbranched alkanes of at least 4 members (excludes halogenated alkanes) is 3. The van der Waals surface area contributed by atoms with Crippen LogP contribution in [0.15, 0.2) is 97.6 Å². The number of para-hydroxylation sites is 1. The Morgan fingerprint density at radius 1 is 0.764 bits per heavy atom. The molecule has 2 N–H and O–H groups in total. The van der Waals surface area contributed by atoms with Crippen molar-refractivity contribution < 1.29 is 38.2 Å². The number of imide groups is 2. The van der Waals surface area contributed by atoms with Crippen molar-refractivity contribution in [2.75, 3.05) is 57.3 Å². The molecule has 4 aliphatic rings. The zero-order valence-electron chi connectivity index (χ0n) is 39.7. The lowest BCUT2D eigenvalue weighted by Gasteiger charge is -2.35. The van der Waals surface area contributed by atoms with Crippen molar-refractivity contribution in [3.63, 3.8) is 0 Å². The predicted octanol–water partition coefficient (Wildman–Crippen LogP) is 7.29. The number of benzene rings is 3. The molecule has 370 valence electrons. The molecule has 18 heteroatoms. The fourth-order valence-corrected chi connectivity index (χ4v) is 10.4. The summed E-state index contributed by atoms with van der Waals surface area (Å²) < 4.78 is 11.9. The minimum atomic E-state index is -1.00. The lowest BCUT2D eigenvalue weighted by atomic mass is 9.91. The van der Waals surface area contributed by atoms with Gasteiger partial charge in [-0.2, -0.15) is 0 Å². The molecule has 2 atom stereocenters. The molecule has 4 aliphatic heterocycles. The Hall–Kier alpha value is -7.50. The smallest absolute Gasteiger partial charge is 0.262 e. The number of ketones is 1. The highest BCUT2D eigenvalue weighted by Gasteiger charge is 2.45. The number of H-pyrrole nitrogens is 1. The fraction of sp³-hybridized carbons (Fsp3) is 0.352. The van der Waals surface area contributed by atoms with Crippen molar-refractivity contribution in [1.29, 1.82) is 0 Å². The average Bonchev–Trinajstić information content (AvgIpc) is 3.94. The molecule has 5 amide bonds. The Balaban J connectivity index is 0.650. The molecule has 0 radical (unpaired) electrons. The van der Waals surface area contributed by atoms with Gasteiger partial charge in [0.25, 0.3) is 17.7 Å². The van der Waals surface area contributed by atoms with E-state index in [4.69, 9.17) is 26.1 Å².